The zero-order chi connectivity index (χ0) is 29.6. The van der Waals surface area contributed by atoms with Crippen LogP contribution in [0.4, 0.5) is 0 Å². The number of hydrogen-bond donors (Lipinski definition) is 2. The van der Waals surface area contributed by atoms with Crippen molar-refractivity contribution in [1.82, 2.24) is 10.9 Å². The van der Waals surface area contributed by atoms with Gasteiger partial charge in [-0.15, -0.1) is 0 Å². The number of hydrogen-bond acceptors (Lipinski definition) is 4. The van der Waals surface area contributed by atoms with Gasteiger partial charge in [0.25, 0.3) is 0 Å². The molecule has 0 aliphatic heterocycles. The Kier molecular flexibility index (Phi) is 12.8. The Morgan fingerprint density at radius 1 is 0.571 bits per heavy atom. The molecule has 0 saturated heterocycles. The van der Waals surface area contributed by atoms with Crippen LogP contribution < -0.4 is 10.9 Å². The van der Waals surface area contributed by atoms with E-state index in [0.29, 0.717) is 24.7 Å². The van der Waals surface area contributed by atoms with Crippen LogP contribution in [0.2, 0.25) is 0 Å². The fourth-order valence-corrected chi connectivity index (χ4v) is 6.32. The molecule has 0 spiro atoms. The summed E-state index contributed by atoms with van der Waals surface area (Å²) in [6.45, 7) is 3.86. The van der Waals surface area contributed by atoms with E-state index in [1.165, 1.54) is 75.3 Å². The van der Waals surface area contributed by atoms with Gasteiger partial charge in [-0.05, 0) is 86.5 Å². The quantitative estimate of drug-likeness (QED) is 0.144. The molecule has 6 heteroatoms. The van der Waals surface area contributed by atoms with Crippen LogP contribution in [0.15, 0.2) is 58.7 Å². The maximum Gasteiger partial charge on any atom is 0.240 e. The summed E-state index contributed by atoms with van der Waals surface area (Å²) < 4.78 is 0. The number of carbonyl (C=O) groups excluding carboxylic acids is 2. The fraction of sp³-hybridized carbons (Fsp3) is 0.556. The molecule has 2 N–H and O–H groups in total. The molecule has 0 unspecified atom stereocenters. The Bertz CT molecular complexity index is 1090. The maximum absolute atomic E-state index is 12.2. The Balaban J connectivity index is 1.06. The lowest BCUT2D eigenvalue weighted by Gasteiger charge is -2.22. The normalized spacial score (nSPS) is 17.2. The average Bonchev–Trinajstić information content (AvgIpc) is 3.05. The summed E-state index contributed by atoms with van der Waals surface area (Å²) in [5.41, 5.74) is 12.0. The summed E-state index contributed by atoms with van der Waals surface area (Å²) in [6, 6.07) is 17.3. The number of unbranched alkanes of at least 4 members (excludes halogenated alkanes) is 3. The molecule has 2 aromatic carbocycles. The van der Waals surface area contributed by atoms with Gasteiger partial charge in [0, 0.05) is 12.8 Å². The third kappa shape index (κ3) is 10.2. The van der Waals surface area contributed by atoms with Crippen molar-refractivity contribution < 1.29 is 9.59 Å². The third-order valence-electron chi connectivity index (χ3n) is 9.06. The lowest BCUT2D eigenvalue weighted by molar-refractivity contribution is -0.122. The molecule has 2 amide bonds. The first kappa shape index (κ1) is 31.7. The van der Waals surface area contributed by atoms with Gasteiger partial charge >= 0.3 is 0 Å². The highest BCUT2D eigenvalue weighted by atomic mass is 16.2. The second-order valence-corrected chi connectivity index (χ2v) is 12.3. The van der Waals surface area contributed by atoms with Gasteiger partial charge in [-0.25, -0.2) is 10.9 Å². The smallest absolute Gasteiger partial charge is 0.240 e. The Hall–Kier alpha value is -3.28. The van der Waals surface area contributed by atoms with E-state index < -0.39 is 0 Å². The summed E-state index contributed by atoms with van der Waals surface area (Å²) >= 11 is 0. The number of benzene rings is 2. The van der Waals surface area contributed by atoms with Crippen LogP contribution in [-0.2, 0) is 9.59 Å². The van der Waals surface area contributed by atoms with Crippen molar-refractivity contribution in [3.63, 3.8) is 0 Å². The van der Waals surface area contributed by atoms with E-state index in [0.717, 1.165) is 48.2 Å². The van der Waals surface area contributed by atoms with E-state index in [-0.39, 0.29) is 11.8 Å². The molecule has 0 aromatic heterocycles. The highest BCUT2D eigenvalue weighted by molar-refractivity contribution is 5.99. The Morgan fingerprint density at radius 3 is 1.29 bits per heavy atom. The molecular weight excluding hydrogens is 520 g/mol. The molecule has 2 fully saturated rings. The van der Waals surface area contributed by atoms with Crippen LogP contribution in [0.3, 0.4) is 0 Å². The lowest BCUT2D eigenvalue weighted by atomic mass is 9.84. The number of carbonyl (C=O) groups is 2. The van der Waals surface area contributed by atoms with Crippen molar-refractivity contribution >= 4 is 23.2 Å². The average molecular weight is 571 g/mol. The Labute approximate surface area is 252 Å². The van der Waals surface area contributed by atoms with Crippen molar-refractivity contribution in [3.05, 3.63) is 70.8 Å². The number of nitrogens with zero attached hydrogens (tertiary/aromatic N) is 2. The number of amides is 2. The predicted molar refractivity (Wildman–Crippen MR) is 173 cm³/mol. The summed E-state index contributed by atoms with van der Waals surface area (Å²) in [5, 5.41) is 8.62. The van der Waals surface area contributed by atoms with E-state index in [1.807, 2.05) is 13.8 Å². The minimum absolute atomic E-state index is 0.0671. The van der Waals surface area contributed by atoms with Gasteiger partial charge in [0.1, 0.15) is 0 Å². The largest absolute Gasteiger partial charge is 0.273 e. The standard InChI is InChI=1S/C36H50N4O2/c1-27(29-19-23-33(24-20-29)31-13-7-5-8-14-31)37-39-35(41)17-11-3-4-12-18-36(42)40-38-28(2)30-21-25-34(26-22-30)32-15-9-6-10-16-32/h19-26,31-32H,3-18H2,1-2H3,(H,39,41)(H,40,42)/b37-27+,38-28+. The van der Waals surface area contributed by atoms with E-state index in [2.05, 4.69) is 69.6 Å². The van der Waals surface area contributed by atoms with Gasteiger partial charge < -0.3 is 0 Å². The SMILES string of the molecule is C/C(=N\NC(=O)CCCCCCC(=O)N/N=C(\C)c1ccc(C2CCCCC2)cc1)c1ccc(C2CCCCC2)cc1. The minimum Gasteiger partial charge on any atom is -0.273 e. The second kappa shape index (κ2) is 17.0. The first-order chi connectivity index (χ1) is 20.5. The molecule has 0 heterocycles. The van der Waals surface area contributed by atoms with Crippen molar-refractivity contribution in [2.45, 2.75) is 128 Å². The summed E-state index contributed by atoms with van der Waals surface area (Å²) in [5.74, 6) is 1.25. The molecule has 0 radical (unpaired) electrons. The predicted octanol–water partition coefficient (Wildman–Crippen LogP) is 8.50. The van der Waals surface area contributed by atoms with Crippen LogP contribution in [0.25, 0.3) is 0 Å². The van der Waals surface area contributed by atoms with Crippen LogP contribution in [0, 0.1) is 0 Å². The molecule has 0 atom stereocenters. The van der Waals surface area contributed by atoms with Crippen LogP contribution in [0.5, 0.6) is 0 Å². The van der Waals surface area contributed by atoms with Gasteiger partial charge in [-0.3, -0.25) is 9.59 Å². The van der Waals surface area contributed by atoms with Crippen molar-refractivity contribution in [3.8, 4) is 0 Å². The van der Waals surface area contributed by atoms with Gasteiger partial charge in [0.05, 0.1) is 11.4 Å². The molecule has 2 aromatic rings. The number of nitrogens with one attached hydrogen (secondary N) is 2. The number of hydrazone groups is 2. The highest BCUT2D eigenvalue weighted by Gasteiger charge is 2.16. The third-order valence-corrected chi connectivity index (χ3v) is 9.06. The molecule has 2 saturated carbocycles. The summed E-state index contributed by atoms with van der Waals surface area (Å²) in [4.78, 5) is 24.5. The molecule has 4 rings (SSSR count). The van der Waals surface area contributed by atoms with Gasteiger partial charge in [-0.2, -0.15) is 10.2 Å². The fourth-order valence-electron chi connectivity index (χ4n) is 6.32. The summed E-state index contributed by atoms with van der Waals surface area (Å²) in [7, 11) is 0. The van der Waals surface area contributed by atoms with Crippen molar-refractivity contribution in [2.24, 2.45) is 10.2 Å². The molecule has 6 nitrogen and oxygen atoms in total. The number of rotatable bonds is 13. The second-order valence-electron chi connectivity index (χ2n) is 12.3. The zero-order valence-corrected chi connectivity index (χ0v) is 25.8. The first-order valence-corrected chi connectivity index (χ1v) is 16.4. The van der Waals surface area contributed by atoms with Crippen molar-refractivity contribution in [1.29, 1.82) is 0 Å². The van der Waals surface area contributed by atoms with Crippen molar-refractivity contribution in [2.75, 3.05) is 0 Å². The van der Waals surface area contributed by atoms with Gasteiger partial charge in [0.15, 0.2) is 0 Å². The van der Waals surface area contributed by atoms with E-state index in [4.69, 9.17) is 0 Å². The molecule has 226 valence electrons. The van der Waals surface area contributed by atoms with E-state index in [9.17, 15) is 9.59 Å². The molecule has 42 heavy (non-hydrogen) atoms. The molecular formula is C36H50N4O2. The van der Waals surface area contributed by atoms with E-state index in [1.54, 1.807) is 0 Å². The van der Waals surface area contributed by atoms with Gasteiger partial charge in [-0.1, -0.05) is 99.9 Å². The Morgan fingerprint density at radius 2 is 0.929 bits per heavy atom. The van der Waals surface area contributed by atoms with Crippen LogP contribution >= 0.6 is 0 Å². The maximum atomic E-state index is 12.2. The van der Waals surface area contributed by atoms with Crippen LogP contribution in [-0.4, -0.2) is 23.2 Å². The van der Waals surface area contributed by atoms with Crippen LogP contribution in [0.1, 0.15) is 151 Å². The minimum atomic E-state index is -0.0671. The van der Waals surface area contributed by atoms with Gasteiger partial charge in [0.2, 0.25) is 11.8 Å². The topological polar surface area (TPSA) is 82.9 Å². The molecule has 0 bridgehead atoms. The molecule has 2 aliphatic rings. The molecule has 2 aliphatic carbocycles. The highest BCUT2D eigenvalue weighted by Crippen LogP contribution is 2.33. The first-order valence-electron chi connectivity index (χ1n) is 16.4. The lowest BCUT2D eigenvalue weighted by Crippen LogP contribution is -2.19. The summed E-state index contributed by atoms with van der Waals surface area (Å²) in [6.07, 6.45) is 17.5. The zero-order valence-electron chi connectivity index (χ0n) is 25.8. The monoisotopic (exact) mass is 570 g/mol. The van der Waals surface area contributed by atoms with E-state index >= 15 is 0 Å².